The molecule has 0 amide bonds. The highest BCUT2D eigenvalue weighted by atomic mass is 31.2. The number of hydrogen-bond donors (Lipinski definition) is 2. The van der Waals surface area contributed by atoms with Crippen LogP contribution >= 0.6 is 7.75 Å². The molecule has 1 aromatic carbocycles. The van der Waals surface area contributed by atoms with Crippen LogP contribution in [-0.4, -0.2) is 64.1 Å². The second kappa shape index (κ2) is 17.3. The van der Waals surface area contributed by atoms with Crippen molar-refractivity contribution in [3.05, 3.63) is 60.4 Å². The Kier molecular flexibility index (Phi) is 13.2. The summed E-state index contributed by atoms with van der Waals surface area (Å²) in [6.45, 7) is 13.7. The average molecular weight is 796 g/mol. The summed E-state index contributed by atoms with van der Waals surface area (Å²) in [5.41, 5.74) is 5.35. The maximum atomic E-state index is 14.7. The van der Waals surface area contributed by atoms with Crippen molar-refractivity contribution in [3.63, 3.8) is 0 Å². The number of ether oxygens (including phenoxy) is 4. The summed E-state index contributed by atoms with van der Waals surface area (Å²) in [5.74, 6) is -2.66. The van der Waals surface area contributed by atoms with Gasteiger partial charge in [0.15, 0.2) is 12.2 Å². The van der Waals surface area contributed by atoms with E-state index in [0.717, 1.165) is 12.8 Å². The first-order valence-electron chi connectivity index (χ1n) is 19.1. The molecule has 5 rings (SSSR count). The van der Waals surface area contributed by atoms with Crippen molar-refractivity contribution in [2.24, 2.45) is 23.2 Å². The molecule has 6 atom stereocenters. The monoisotopic (exact) mass is 795 g/mol. The molecule has 1 saturated carbocycles. The number of nitriles is 1. The highest BCUT2D eigenvalue weighted by Gasteiger charge is 2.62. The standard InChI is InChI=1S/C40H54N5O10P/c1-24(2)36(46)52-34-33(32-19-18-31-30(42)20-21-43-45(31)32)54-40(22-41,35(34)53-37(47)25(3)4)23-50-56(49,55-29-12-10-9-11-13-29)44-26(5)38(48)51-28-16-14-27(15-17-28)39(6,7)8/h9-13,18-21,24-28,33-35H,14-17,23,42H2,1-8H3,(H,44,49)/t26-,27?,28?,33-,34-,35-,40+,56-/m0/s1. The number of fused-ring (bicyclic) bond motifs is 1. The number of para-hydroxylation sites is 1. The molecule has 1 aliphatic heterocycles. The summed E-state index contributed by atoms with van der Waals surface area (Å²) in [6.07, 6.45) is 0.149. The molecule has 56 heavy (non-hydrogen) atoms. The molecule has 0 unspecified atom stereocenters. The van der Waals surface area contributed by atoms with Crippen LogP contribution in [0.2, 0.25) is 0 Å². The van der Waals surface area contributed by atoms with Crippen LogP contribution in [0.5, 0.6) is 5.75 Å². The van der Waals surface area contributed by atoms with Crippen LogP contribution in [0.15, 0.2) is 54.7 Å². The lowest BCUT2D eigenvalue weighted by atomic mass is 9.72. The van der Waals surface area contributed by atoms with Gasteiger partial charge >= 0.3 is 25.7 Å². The first kappa shape index (κ1) is 42.7. The van der Waals surface area contributed by atoms with Crippen LogP contribution in [0.25, 0.3) is 5.52 Å². The van der Waals surface area contributed by atoms with E-state index in [4.69, 9.17) is 33.7 Å². The number of nitrogens with zero attached hydrogens (tertiary/aromatic N) is 3. The number of nitrogen functional groups attached to an aromatic ring is 1. The van der Waals surface area contributed by atoms with Gasteiger partial charge in [0, 0.05) is 6.20 Å². The molecule has 3 heterocycles. The minimum atomic E-state index is -4.58. The van der Waals surface area contributed by atoms with E-state index in [1.54, 1.807) is 76.2 Å². The van der Waals surface area contributed by atoms with Gasteiger partial charge in [-0.05, 0) is 74.3 Å². The fourth-order valence-corrected chi connectivity index (χ4v) is 8.36. The summed E-state index contributed by atoms with van der Waals surface area (Å²) in [5, 5.41) is 18.0. The number of esters is 3. The average Bonchev–Trinajstić information content (AvgIpc) is 3.71. The van der Waals surface area contributed by atoms with Crippen molar-refractivity contribution in [1.82, 2.24) is 14.7 Å². The van der Waals surface area contributed by atoms with Crippen molar-refractivity contribution in [2.45, 2.75) is 117 Å². The molecule has 1 aliphatic carbocycles. The molecular formula is C40H54N5O10P. The Bertz CT molecular complexity index is 1950. The minimum Gasteiger partial charge on any atom is -0.461 e. The predicted molar refractivity (Wildman–Crippen MR) is 206 cm³/mol. The zero-order valence-corrected chi connectivity index (χ0v) is 34.2. The van der Waals surface area contributed by atoms with Crippen LogP contribution < -0.4 is 15.3 Å². The van der Waals surface area contributed by atoms with Gasteiger partial charge in [-0.15, -0.1) is 0 Å². The molecule has 2 aliphatic rings. The van der Waals surface area contributed by atoms with Crippen molar-refractivity contribution in [3.8, 4) is 11.8 Å². The number of benzene rings is 1. The van der Waals surface area contributed by atoms with Crippen LogP contribution in [0.3, 0.4) is 0 Å². The Labute approximate surface area is 328 Å². The summed E-state index contributed by atoms with van der Waals surface area (Å²) >= 11 is 0. The van der Waals surface area contributed by atoms with Gasteiger partial charge in [-0.1, -0.05) is 66.7 Å². The van der Waals surface area contributed by atoms with Gasteiger partial charge in [-0.2, -0.15) is 15.4 Å². The summed E-state index contributed by atoms with van der Waals surface area (Å²) in [6, 6.07) is 14.0. The minimum absolute atomic E-state index is 0.135. The molecule has 0 radical (unpaired) electrons. The van der Waals surface area contributed by atoms with E-state index in [2.05, 4.69) is 37.0 Å². The maximum absolute atomic E-state index is 14.7. The van der Waals surface area contributed by atoms with Gasteiger partial charge in [0.1, 0.15) is 36.7 Å². The molecule has 1 saturated heterocycles. The van der Waals surface area contributed by atoms with E-state index in [1.165, 1.54) is 17.6 Å². The molecular weight excluding hydrogens is 741 g/mol. The number of carbonyl (C=O) groups excluding carboxylic acids is 3. The Morgan fingerprint density at radius 3 is 2.21 bits per heavy atom. The third kappa shape index (κ3) is 9.72. The Hall–Kier alpha value is -4.48. The smallest absolute Gasteiger partial charge is 0.459 e. The Morgan fingerprint density at radius 2 is 1.61 bits per heavy atom. The van der Waals surface area contributed by atoms with E-state index in [9.17, 15) is 24.2 Å². The summed E-state index contributed by atoms with van der Waals surface area (Å²) < 4.78 is 52.3. The van der Waals surface area contributed by atoms with E-state index in [1.807, 2.05) is 0 Å². The second-order valence-corrected chi connectivity index (χ2v) is 17.9. The summed E-state index contributed by atoms with van der Waals surface area (Å²) in [4.78, 5) is 39.9. The first-order chi connectivity index (χ1) is 26.4. The lowest BCUT2D eigenvalue weighted by molar-refractivity contribution is -0.173. The van der Waals surface area contributed by atoms with Crippen LogP contribution in [0.4, 0.5) is 5.69 Å². The topological polar surface area (TPSA) is 203 Å². The quantitative estimate of drug-likeness (QED) is 0.0989. The van der Waals surface area contributed by atoms with Crippen molar-refractivity contribution < 1.29 is 46.9 Å². The van der Waals surface area contributed by atoms with E-state index in [-0.39, 0.29) is 17.3 Å². The highest BCUT2D eigenvalue weighted by Crippen LogP contribution is 2.50. The van der Waals surface area contributed by atoms with Crippen LogP contribution in [-0.2, 0) is 42.4 Å². The molecule has 16 heteroatoms. The van der Waals surface area contributed by atoms with Gasteiger partial charge in [-0.3, -0.25) is 18.9 Å². The van der Waals surface area contributed by atoms with Crippen molar-refractivity contribution >= 4 is 36.9 Å². The number of hydrogen-bond acceptors (Lipinski definition) is 13. The zero-order valence-electron chi connectivity index (χ0n) is 33.3. The molecule has 3 N–H and O–H groups in total. The zero-order chi connectivity index (χ0) is 41.0. The third-order valence-electron chi connectivity index (χ3n) is 10.2. The molecule has 3 aromatic rings. The van der Waals surface area contributed by atoms with Gasteiger partial charge < -0.3 is 29.2 Å². The maximum Gasteiger partial charge on any atom is 0.459 e. The van der Waals surface area contributed by atoms with Gasteiger partial charge in [-0.25, -0.2) is 9.08 Å². The number of aromatic nitrogens is 2. The number of carbonyl (C=O) groups is 3. The highest BCUT2D eigenvalue weighted by molar-refractivity contribution is 7.52. The molecule has 304 valence electrons. The number of rotatable bonds is 14. The number of anilines is 1. The van der Waals surface area contributed by atoms with Crippen molar-refractivity contribution in [2.75, 3.05) is 12.3 Å². The van der Waals surface area contributed by atoms with E-state index >= 15 is 0 Å². The second-order valence-electron chi connectivity index (χ2n) is 16.3. The first-order valence-corrected chi connectivity index (χ1v) is 20.6. The van der Waals surface area contributed by atoms with Gasteiger partial charge in [0.05, 0.1) is 28.7 Å². The lowest BCUT2D eigenvalue weighted by Crippen LogP contribution is -2.50. The van der Waals surface area contributed by atoms with Gasteiger partial charge in [0.2, 0.25) is 5.60 Å². The lowest BCUT2D eigenvalue weighted by Gasteiger charge is -2.37. The predicted octanol–water partition coefficient (Wildman–Crippen LogP) is 6.72. The molecule has 15 nitrogen and oxygen atoms in total. The van der Waals surface area contributed by atoms with Gasteiger partial charge in [0.25, 0.3) is 0 Å². The number of nitrogens with two attached hydrogens (primary N) is 1. The number of nitrogens with one attached hydrogen (secondary N) is 1. The third-order valence-corrected chi connectivity index (χ3v) is 11.9. The van der Waals surface area contributed by atoms with Crippen LogP contribution in [0, 0.1) is 34.5 Å². The van der Waals surface area contributed by atoms with E-state index < -0.39 is 74.1 Å². The van der Waals surface area contributed by atoms with E-state index in [0.29, 0.717) is 35.7 Å². The molecule has 2 fully saturated rings. The Balaban J connectivity index is 1.47. The Morgan fingerprint density at radius 1 is 0.964 bits per heavy atom. The SMILES string of the molecule is CC(C)C(=O)O[C@H]1[C@H](c2ccc3c(N)ccnn23)O[C@](C#N)(CO[P@@](=O)(N[C@@H](C)C(=O)OC2CCC(C(C)(C)C)CC2)Oc2ccccc2)[C@H]1OC(=O)C(C)C. The molecule has 2 aromatic heterocycles. The van der Waals surface area contributed by atoms with Crippen LogP contribution in [0.1, 0.15) is 92.9 Å². The fraction of sp³-hybridized carbons (Fsp3) is 0.575. The largest absolute Gasteiger partial charge is 0.461 e. The normalized spacial score (nSPS) is 25.6. The van der Waals surface area contributed by atoms with Crippen molar-refractivity contribution in [1.29, 1.82) is 5.26 Å². The summed E-state index contributed by atoms with van der Waals surface area (Å²) in [7, 11) is -4.58. The fourth-order valence-electron chi connectivity index (χ4n) is 6.84. The molecule has 0 spiro atoms. The molecule has 0 bridgehead atoms.